The van der Waals surface area contributed by atoms with Gasteiger partial charge in [0.25, 0.3) is 0 Å². The average molecular weight is 372 g/mol. The molecule has 7 heteroatoms. The molecule has 7 nitrogen and oxygen atoms in total. The zero-order chi connectivity index (χ0) is 19.5. The summed E-state index contributed by atoms with van der Waals surface area (Å²) in [6, 6.07) is 12.9. The molecule has 0 saturated carbocycles. The van der Waals surface area contributed by atoms with Crippen molar-refractivity contribution in [2.75, 3.05) is 27.4 Å². The van der Waals surface area contributed by atoms with Crippen LogP contribution in [0.3, 0.4) is 0 Å². The Morgan fingerprint density at radius 1 is 1.04 bits per heavy atom. The number of nitrogens with one attached hydrogen (secondary N) is 1. The molecule has 0 aliphatic heterocycles. The Balaban J connectivity index is 1.90. The predicted octanol–water partition coefficient (Wildman–Crippen LogP) is 3.02. The fraction of sp³-hybridized carbons (Fsp3) is 0.300. The van der Waals surface area contributed by atoms with E-state index in [-0.39, 0.29) is 5.91 Å². The van der Waals surface area contributed by atoms with E-state index in [4.69, 9.17) is 18.9 Å². The van der Waals surface area contributed by atoms with E-state index in [9.17, 15) is 4.79 Å². The van der Waals surface area contributed by atoms with Crippen molar-refractivity contribution < 1.29 is 23.7 Å². The van der Waals surface area contributed by atoms with E-state index in [1.54, 1.807) is 20.3 Å². The highest BCUT2D eigenvalue weighted by Crippen LogP contribution is 2.30. The third kappa shape index (κ3) is 6.54. The number of para-hydroxylation sites is 1. The Labute approximate surface area is 158 Å². The van der Waals surface area contributed by atoms with Gasteiger partial charge in [0.2, 0.25) is 5.91 Å². The van der Waals surface area contributed by atoms with Crippen LogP contribution >= 0.6 is 0 Å². The maximum Gasteiger partial charge on any atom is 0.236 e. The SMILES string of the molecule is COc1cccc(OCCCOc2c(C=NNC(C)=O)cccc2OC)c1. The number of nitrogens with zero attached hydrogens (tertiary/aromatic N) is 1. The van der Waals surface area contributed by atoms with Crippen molar-refractivity contribution in [1.29, 1.82) is 0 Å². The number of hydrogen-bond donors (Lipinski definition) is 1. The van der Waals surface area contributed by atoms with Crippen LogP contribution in [0.5, 0.6) is 23.0 Å². The van der Waals surface area contributed by atoms with E-state index in [0.29, 0.717) is 36.7 Å². The van der Waals surface area contributed by atoms with Gasteiger partial charge >= 0.3 is 0 Å². The van der Waals surface area contributed by atoms with Gasteiger partial charge in [-0.15, -0.1) is 0 Å². The molecule has 0 aliphatic carbocycles. The molecule has 0 radical (unpaired) electrons. The first-order valence-electron chi connectivity index (χ1n) is 8.50. The van der Waals surface area contributed by atoms with Crippen molar-refractivity contribution in [3.8, 4) is 23.0 Å². The monoisotopic (exact) mass is 372 g/mol. The normalized spacial score (nSPS) is 10.5. The molecule has 0 spiro atoms. The lowest BCUT2D eigenvalue weighted by molar-refractivity contribution is -0.118. The van der Waals surface area contributed by atoms with Crippen molar-refractivity contribution in [2.24, 2.45) is 5.10 Å². The third-order valence-corrected chi connectivity index (χ3v) is 3.50. The molecule has 0 aromatic heterocycles. The van der Waals surface area contributed by atoms with Gasteiger partial charge in [-0.2, -0.15) is 5.10 Å². The van der Waals surface area contributed by atoms with E-state index in [0.717, 1.165) is 11.5 Å². The number of amides is 1. The van der Waals surface area contributed by atoms with Crippen molar-refractivity contribution >= 4 is 12.1 Å². The first-order valence-corrected chi connectivity index (χ1v) is 8.50. The minimum absolute atomic E-state index is 0.244. The number of ether oxygens (including phenoxy) is 4. The fourth-order valence-electron chi connectivity index (χ4n) is 2.26. The van der Waals surface area contributed by atoms with Crippen molar-refractivity contribution in [3.63, 3.8) is 0 Å². The molecule has 0 unspecified atom stereocenters. The summed E-state index contributed by atoms with van der Waals surface area (Å²) in [6.45, 7) is 2.33. The Bertz CT molecular complexity index is 777. The minimum Gasteiger partial charge on any atom is -0.497 e. The zero-order valence-electron chi connectivity index (χ0n) is 15.7. The molecule has 2 rings (SSSR count). The van der Waals surface area contributed by atoms with E-state index >= 15 is 0 Å². The van der Waals surface area contributed by atoms with E-state index < -0.39 is 0 Å². The lowest BCUT2D eigenvalue weighted by atomic mass is 10.2. The molecule has 0 bridgehead atoms. The highest BCUT2D eigenvalue weighted by atomic mass is 16.5. The van der Waals surface area contributed by atoms with E-state index in [2.05, 4.69) is 10.5 Å². The lowest BCUT2D eigenvalue weighted by Crippen LogP contribution is -2.12. The summed E-state index contributed by atoms with van der Waals surface area (Å²) in [5, 5.41) is 3.88. The van der Waals surface area contributed by atoms with Gasteiger partial charge in [0, 0.05) is 25.0 Å². The molecule has 2 aromatic rings. The van der Waals surface area contributed by atoms with Gasteiger partial charge in [0.05, 0.1) is 33.6 Å². The maximum absolute atomic E-state index is 10.9. The maximum atomic E-state index is 10.9. The van der Waals surface area contributed by atoms with Crippen molar-refractivity contribution in [3.05, 3.63) is 48.0 Å². The Kier molecular flexibility index (Phi) is 7.96. The van der Waals surface area contributed by atoms with Crippen LogP contribution in [-0.4, -0.2) is 39.6 Å². The van der Waals surface area contributed by atoms with Gasteiger partial charge in [0.15, 0.2) is 11.5 Å². The summed E-state index contributed by atoms with van der Waals surface area (Å²) in [4.78, 5) is 10.9. The van der Waals surface area contributed by atoms with Crippen LogP contribution < -0.4 is 24.4 Å². The third-order valence-electron chi connectivity index (χ3n) is 3.50. The van der Waals surface area contributed by atoms with Crippen LogP contribution in [0, 0.1) is 0 Å². The average Bonchev–Trinajstić information content (AvgIpc) is 2.68. The second-order valence-electron chi connectivity index (χ2n) is 5.53. The molecular formula is C20H24N2O5. The number of benzene rings is 2. The number of carbonyl (C=O) groups is 1. The summed E-state index contributed by atoms with van der Waals surface area (Å²) in [5.74, 6) is 2.41. The molecule has 2 aromatic carbocycles. The summed E-state index contributed by atoms with van der Waals surface area (Å²) in [6.07, 6.45) is 2.20. The lowest BCUT2D eigenvalue weighted by Gasteiger charge is -2.13. The van der Waals surface area contributed by atoms with Gasteiger partial charge in [-0.05, 0) is 24.3 Å². The second kappa shape index (κ2) is 10.7. The fourth-order valence-corrected chi connectivity index (χ4v) is 2.26. The topological polar surface area (TPSA) is 78.4 Å². The van der Waals surface area contributed by atoms with Crippen LogP contribution in [0.25, 0.3) is 0 Å². The van der Waals surface area contributed by atoms with Gasteiger partial charge in [-0.3, -0.25) is 4.79 Å². The molecule has 0 heterocycles. The van der Waals surface area contributed by atoms with Crippen LogP contribution in [-0.2, 0) is 4.79 Å². The molecule has 0 fully saturated rings. The predicted molar refractivity (Wildman–Crippen MR) is 103 cm³/mol. The summed E-state index contributed by atoms with van der Waals surface area (Å²) in [7, 11) is 3.19. The zero-order valence-corrected chi connectivity index (χ0v) is 15.7. The first-order chi connectivity index (χ1) is 13.1. The van der Waals surface area contributed by atoms with Crippen LogP contribution in [0.15, 0.2) is 47.6 Å². The number of carbonyl (C=O) groups excluding carboxylic acids is 1. The molecule has 0 atom stereocenters. The summed E-state index contributed by atoms with van der Waals surface area (Å²) in [5.41, 5.74) is 3.07. The quantitative estimate of drug-likeness (QED) is 0.394. The van der Waals surface area contributed by atoms with Gasteiger partial charge < -0.3 is 18.9 Å². The van der Waals surface area contributed by atoms with Crippen LogP contribution in [0.2, 0.25) is 0 Å². The number of rotatable bonds is 10. The standard InChI is InChI=1S/C20H24N2O5/c1-15(23)22-21-14-16-7-4-10-19(25-3)20(16)27-12-6-11-26-18-9-5-8-17(13-18)24-2/h4-5,7-10,13-14H,6,11-12H2,1-3H3,(H,22,23). The van der Waals surface area contributed by atoms with Crippen LogP contribution in [0.1, 0.15) is 18.9 Å². The second-order valence-corrected chi connectivity index (χ2v) is 5.53. The largest absolute Gasteiger partial charge is 0.497 e. The molecule has 1 N–H and O–H groups in total. The molecule has 0 saturated heterocycles. The first kappa shape index (κ1) is 20.1. The summed E-state index contributed by atoms with van der Waals surface area (Å²) < 4.78 is 22.1. The number of hydrazone groups is 1. The van der Waals surface area contributed by atoms with E-state index in [1.807, 2.05) is 36.4 Å². The minimum atomic E-state index is -0.244. The Hall–Kier alpha value is -3.22. The molecule has 27 heavy (non-hydrogen) atoms. The summed E-state index contributed by atoms with van der Waals surface area (Å²) >= 11 is 0. The van der Waals surface area contributed by atoms with Crippen molar-refractivity contribution in [2.45, 2.75) is 13.3 Å². The molecule has 1 amide bonds. The molecule has 0 aliphatic rings. The molecular weight excluding hydrogens is 348 g/mol. The smallest absolute Gasteiger partial charge is 0.236 e. The Morgan fingerprint density at radius 2 is 1.78 bits per heavy atom. The van der Waals surface area contributed by atoms with Gasteiger partial charge in [-0.1, -0.05) is 12.1 Å². The highest BCUT2D eigenvalue weighted by Gasteiger charge is 2.09. The van der Waals surface area contributed by atoms with Gasteiger partial charge in [-0.25, -0.2) is 5.43 Å². The van der Waals surface area contributed by atoms with Crippen LogP contribution in [0.4, 0.5) is 0 Å². The highest BCUT2D eigenvalue weighted by molar-refractivity contribution is 5.86. The van der Waals surface area contributed by atoms with E-state index in [1.165, 1.54) is 13.1 Å². The van der Waals surface area contributed by atoms with Gasteiger partial charge in [0.1, 0.15) is 11.5 Å². The van der Waals surface area contributed by atoms with Crippen molar-refractivity contribution in [1.82, 2.24) is 5.43 Å². The molecule has 144 valence electrons. The Morgan fingerprint density at radius 3 is 2.52 bits per heavy atom. The number of hydrogen-bond acceptors (Lipinski definition) is 6. The number of methoxy groups -OCH3 is 2.